The number of aryl methyl sites for hydroxylation is 4. The van der Waals surface area contributed by atoms with Crippen LogP contribution in [0.1, 0.15) is 60.8 Å². The van der Waals surface area contributed by atoms with Gasteiger partial charge in [0.2, 0.25) is 0 Å². The molecule has 0 amide bonds. The van der Waals surface area contributed by atoms with Gasteiger partial charge >= 0.3 is 51.4 Å². The molecule has 3 N–H and O–H groups in total. The molecule has 0 bridgehead atoms. The van der Waals surface area contributed by atoms with Crippen LogP contribution < -0.4 is 62.2 Å². The molecule has 5 heteroatoms. The molecule has 0 aliphatic heterocycles. The Morgan fingerprint density at radius 2 is 1.86 bits per heavy atom. The van der Waals surface area contributed by atoms with Gasteiger partial charge in [-0.3, -0.25) is 5.10 Å². The van der Waals surface area contributed by atoms with E-state index in [2.05, 4.69) is 28.2 Å². The second-order valence-corrected chi connectivity index (χ2v) is 6.08. The fraction of sp³-hybridized carbons (Fsp3) is 0.588. The molecule has 2 aliphatic rings. The molecular formula is C17H25KN4. The maximum absolute atomic E-state index is 5.59. The zero-order valence-electron chi connectivity index (χ0n) is 13.9. The number of hydrogen-bond acceptors (Lipinski definition) is 2. The molecule has 2 heterocycles. The number of rotatable bonds is 1. The van der Waals surface area contributed by atoms with Gasteiger partial charge in [-0.05, 0) is 80.8 Å². The molecule has 0 saturated heterocycles. The molecule has 2 aliphatic carbocycles. The van der Waals surface area contributed by atoms with Gasteiger partial charge in [0, 0.05) is 17.1 Å². The van der Waals surface area contributed by atoms with E-state index in [-0.39, 0.29) is 51.4 Å². The third-order valence-corrected chi connectivity index (χ3v) is 4.58. The van der Waals surface area contributed by atoms with Gasteiger partial charge in [0.25, 0.3) is 0 Å². The van der Waals surface area contributed by atoms with Crippen LogP contribution in [0.5, 0.6) is 0 Å². The molecule has 0 unspecified atom stereocenters. The van der Waals surface area contributed by atoms with E-state index in [4.69, 9.17) is 5.73 Å². The van der Waals surface area contributed by atoms with Crippen LogP contribution in [0.15, 0.2) is 6.07 Å². The van der Waals surface area contributed by atoms with E-state index in [0.717, 1.165) is 25.0 Å². The topological polar surface area (TPSA) is 68.8 Å². The van der Waals surface area contributed by atoms with Crippen molar-refractivity contribution in [3.05, 3.63) is 34.3 Å². The summed E-state index contributed by atoms with van der Waals surface area (Å²) in [5.74, 6) is 0.648. The number of nitrogens with one attached hydrogen (secondary N) is 1. The summed E-state index contributed by atoms with van der Waals surface area (Å²) >= 11 is 0. The van der Waals surface area contributed by atoms with Crippen molar-refractivity contribution in [2.75, 3.05) is 5.73 Å². The van der Waals surface area contributed by atoms with Crippen molar-refractivity contribution < 1.29 is 51.4 Å². The van der Waals surface area contributed by atoms with Gasteiger partial charge in [-0.15, -0.1) is 0 Å². The molecule has 4 rings (SSSR count). The minimum Gasteiger partial charge on any atom is -0.493 e. The van der Waals surface area contributed by atoms with E-state index in [0.29, 0.717) is 5.82 Å². The fourth-order valence-electron chi connectivity index (χ4n) is 3.31. The summed E-state index contributed by atoms with van der Waals surface area (Å²) in [4.78, 5) is 3.48. The quantitative estimate of drug-likeness (QED) is 0.723. The monoisotopic (exact) mass is 324 g/mol. The summed E-state index contributed by atoms with van der Waals surface area (Å²) in [6.45, 7) is 2.21. The van der Waals surface area contributed by atoms with Gasteiger partial charge in [0.1, 0.15) is 0 Å². The Morgan fingerprint density at radius 1 is 1.14 bits per heavy atom. The summed E-state index contributed by atoms with van der Waals surface area (Å²) in [6, 6.07) is 2.34. The van der Waals surface area contributed by atoms with Crippen LogP contribution in [-0.2, 0) is 32.1 Å². The molecule has 0 atom stereocenters. The van der Waals surface area contributed by atoms with Crippen molar-refractivity contribution in [1.82, 2.24) is 15.2 Å². The van der Waals surface area contributed by atoms with Gasteiger partial charge in [-0.2, -0.15) is 0 Å². The Kier molecular flexibility index (Phi) is 7.21. The standard InChI is InChI=1S/C10H15N.C7H10N3.K/c1-2-9-7-8-5-3-4-6-10(8)11-9;8-7-5-3-1-2-4-6(5)9-10-7;/h7,11H,2-6H2,1H3;1-4H2,(H2-,8,9,10);/q;-1;+1. The molecule has 114 valence electrons. The smallest absolute Gasteiger partial charge is 0.493 e. The average Bonchev–Trinajstić information content (AvgIpc) is 3.12. The average molecular weight is 325 g/mol. The predicted octanol–water partition coefficient (Wildman–Crippen LogP) is -0.0403. The summed E-state index contributed by atoms with van der Waals surface area (Å²) in [5.41, 5.74) is 12.4. The normalized spacial score (nSPS) is 15.9. The molecule has 0 radical (unpaired) electrons. The van der Waals surface area contributed by atoms with E-state index in [1.165, 1.54) is 55.5 Å². The summed E-state index contributed by atoms with van der Waals surface area (Å²) in [7, 11) is 0. The van der Waals surface area contributed by atoms with Gasteiger partial charge in [0.05, 0.1) is 0 Å². The van der Waals surface area contributed by atoms with Gasteiger partial charge in [-0.1, -0.05) is 6.92 Å². The number of nitrogens with zero attached hydrogens (tertiary/aromatic N) is 2. The first-order chi connectivity index (χ1) is 10.3. The first-order valence-electron chi connectivity index (χ1n) is 8.24. The molecule has 0 saturated carbocycles. The third-order valence-electron chi connectivity index (χ3n) is 4.58. The molecule has 2 aromatic rings. The first kappa shape index (κ1) is 18.3. The van der Waals surface area contributed by atoms with Crippen LogP contribution in [0, 0.1) is 0 Å². The Bertz CT molecular complexity index is 576. The second kappa shape index (κ2) is 8.69. The van der Waals surface area contributed by atoms with Crippen molar-refractivity contribution in [3.8, 4) is 0 Å². The van der Waals surface area contributed by atoms with Gasteiger partial charge in [0.15, 0.2) is 0 Å². The van der Waals surface area contributed by atoms with Crippen LogP contribution in [0.4, 0.5) is 5.82 Å². The molecule has 0 spiro atoms. The zero-order valence-corrected chi connectivity index (χ0v) is 17.0. The number of aromatic amines is 1. The number of anilines is 1. The maximum atomic E-state index is 5.59. The maximum Gasteiger partial charge on any atom is 1.00 e. The molecule has 2 aromatic heterocycles. The van der Waals surface area contributed by atoms with Gasteiger partial charge in [-0.25, -0.2) is 0 Å². The summed E-state index contributed by atoms with van der Waals surface area (Å²) < 4.78 is 0. The Hall–Kier alpha value is -0.0736. The Labute approximate surface area is 175 Å². The van der Waals surface area contributed by atoms with E-state index in [1.54, 1.807) is 5.56 Å². The van der Waals surface area contributed by atoms with Crippen LogP contribution >= 0.6 is 0 Å². The molecule has 22 heavy (non-hydrogen) atoms. The number of H-pyrrole nitrogens is 1. The second-order valence-electron chi connectivity index (χ2n) is 6.08. The van der Waals surface area contributed by atoms with Crippen LogP contribution in [0.2, 0.25) is 0 Å². The van der Waals surface area contributed by atoms with Crippen molar-refractivity contribution in [2.45, 2.75) is 64.7 Å². The third kappa shape index (κ3) is 4.26. The number of hydrogen-bond donors (Lipinski definition) is 2. The number of nitrogen functional groups attached to an aromatic ring is 1. The molecule has 0 fully saturated rings. The molecular weight excluding hydrogens is 299 g/mol. The number of nitrogens with two attached hydrogens (primary N) is 1. The minimum atomic E-state index is 0. The van der Waals surface area contributed by atoms with Crippen molar-refractivity contribution in [1.29, 1.82) is 0 Å². The minimum absolute atomic E-state index is 0. The molecule has 0 aromatic carbocycles. The van der Waals surface area contributed by atoms with E-state index >= 15 is 0 Å². The van der Waals surface area contributed by atoms with E-state index in [1.807, 2.05) is 0 Å². The summed E-state index contributed by atoms with van der Waals surface area (Å²) in [5, 5.41) is 7.81. The Morgan fingerprint density at radius 3 is 2.59 bits per heavy atom. The Balaban J connectivity index is 0.000000154. The van der Waals surface area contributed by atoms with Crippen LogP contribution in [0.25, 0.3) is 0 Å². The van der Waals surface area contributed by atoms with Gasteiger partial charge < -0.3 is 15.8 Å². The first-order valence-corrected chi connectivity index (χ1v) is 8.24. The number of aromatic nitrogens is 3. The van der Waals surface area contributed by atoms with E-state index in [9.17, 15) is 0 Å². The van der Waals surface area contributed by atoms with Crippen LogP contribution in [0.3, 0.4) is 0 Å². The predicted molar refractivity (Wildman–Crippen MR) is 85.4 cm³/mol. The number of fused-ring (bicyclic) bond motifs is 2. The fourth-order valence-corrected chi connectivity index (χ4v) is 3.31. The van der Waals surface area contributed by atoms with Crippen molar-refractivity contribution >= 4 is 5.82 Å². The zero-order chi connectivity index (χ0) is 14.7. The van der Waals surface area contributed by atoms with Crippen molar-refractivity contribution in [3.63, 3.8) is 0 Å². The van der Waals surface area contributed by atoms with Crippen molar-refractivity contribution in [2.24, 2.45) is 0 Å². The SMILES string of the molecule is CCc1cc2c([nH]1)CCCC2.Nc1[n-]nc2c1CCCC2.[K+]. The van der Waals surface area contributed by atoms with Crippen LogP contribution in [-0.4, -0.2) is 10.1 Å². The largest absolute Gasteiger partial charge is 1.00 e. The summed E-state index contributed by atoms with van der Waals surface area (Å²) in [6.07, 6.45) is 11.1. The van der Waals surface area contributed by atoms with E-state index < -0.39 is 0 Å². The molecule has 4 nitrogen and oxygen atoms in total.